The van der Waals surface area contributed by atoms with E-state index in [4.69, 9.17) is 0 Å². The molecule has 0 aliphatic carbocycles. The Morgan fingerprint density at radius 2 is 0.942 bits per heavy atom. The number of piperidine rings is 7. The maximum atomic E-state index is 12.9. The van der Waals surface area contributed by atoms with E-state index in [-0.39, 0.29) is 82.9 Å². The summed E-state index contributed by atoms with van der Waals surface area (Å²) in [7, 11) is 2.00. The number of hydrogen-bond acceptors (Lipinski definition) is 14. The van der Waals surface area contributed by atoms with Crippen LogP contribution in [0.3, 0.4) is 0 Å². The average molecular weight is 1690 g/mol. The summed E-state index contributed by atoms with van der Waals surface area (Å²) in [6, 6.07) is 86.6. The van der Waals surface area contributed by atoms with Gasteiger partial charge in [0.25, 0.3) is 0 Å². The summed E-state index contributed by atoms with van der Waals surface area (Å²) < 4.78 is 0. The number of likely N-dealkylation sites (tertiary alicyclic amines) is 4. The average Bonchev–Trinajstić information content (AvgIpc) is 0.805. The minimum absolute atomic E-state index is 0. The van der Waals surface area contributed by atoms with Crippen molar-refractivity contribution in [1.29, 1.82) is 10.5 Å². The lowest BCUT2D eigenvalue weighted by atomic mass is 9.69. The van der Waals surface area contributed by atoms with Crippen LogP contribution >= 0.6 is 37.2 Å². The molecule has 120 heavy (non-hydrogen) atoms. The molecular formula is C101H133Cl3N10O6. The number of hydrogen-bond donors (Lipinski definition) is 5. The highest BCUT2D eigenvalue weighted by molar-refractivity contribution is 5.99. The molecule has 7 saturated heterocycles. The summed E-state index contributed by atoms with van der Waals surface area (Å²) in [5.74, 6) is 1.51. The van der Waals surface area contributed by atoms with Crippen LogP contribution < -0.4 is 21.3 Å². The van der Waals surface area contributed by atoms with Gasteiger partial charge >= 0.3 is 0 Å². The number of nitriles is 2. The highest BCUT2D eigenvalue weighted by atomic mass is 35.5. The normalized spacial score (nSPS) is 21.6. The smallest absolute Gasteiger partial charge is 0.230 e. The van der Waals surface area contributed by atoms with Crippen molar-refractivity contribution >= 4 is 66.9 Å². The van der Waals surface area contributed by atoms with Crippen LogP contribution in [0.2, 0.25) is 0 Å². The lowest BCUT2D eigenvalue weighted by molar-refractivity contribution is -0.136. The molecule has 8 aromatic carbocycles. The van der Waals surface area contributed by atoms with Crippen LogP contribution in [-0.4, -0.2) is 153 Å². The number of nitrogens with one attached hydrogen (secondary N) is 4. The first kappa shape index (κ1) is 100. The van der Waals surface area contributed by atoms with Crippen LogP contribution in [-0.2, 0) is 59.7 Å². The number of amides is 2. The molecule has 644 valence electrons. The predicted octanol–water partition coefficient (Wildman–Crippen LogP) is 17.8. The first-order valence-electron chi connectivity index (χ1n) is 43.1. The molecule has 5 unspecified atom stereocenters. The molecule has 15 rings (SSSR count). The van der Waals surface area contributed by atoms with Gasteiger partial charge in [0.05, 0.1) is 46.3 Å². The number of nitrogens with zero attached hydrogens (tertiary/aromatic N) is 6. The van der Waals surface area contributed by atoms with Crippen molar-refractivity contribution in [1.82, 2.24) is 40.9 Å². The zero-order valence-corrected chi connectivity index (χ0v) is 74.2. The molecule has 7 heterocycles. The van der Waals surface area contributed by atoms with Gasteiger partial charge in [0, 0.05) is 76.9 Å². The summed E-state index contributed by atoms with van der Waals surface area (Å²) >= 11 is 0. The van der Waals surface area contributed by atoms with Gasteiger partial charge in [-0.1, -0.05) is 263 Å². The third-order valence-electron chi connectivity index (χ3n) is 24.9. The minimum Gasteiger partial charge on any atom is -0.384 e. The zero-order chi connectivity index (χ0) is 83.2. The number of Topliss-reactive ketones (excluding diaryl/α,β-unsaturated/α-hetero) is 3. The molecule has 7 fully saturated rings. The van der Waals surface area contributed by atoms with Crippen molar-refractivity contribution in [2.24, 2.45) is 17.8 Å². The van der Waals surface area contributed by atoms with Crippen LogP contribution in [0.1, 0.15) is 187 Å². The molecule has 0 saturated carbocycles. The fraction of sp³-hybridized carbons (Fsp3) is 0.455. The van der Waals surface area contributed by atoms with Gasteiger partial charge in [-0.15, -0.1) is 37.2 Å². The lowest BCUT2D eigenvalue weighted by Crippen LogP contribution is -2.53. The summed E-state index contributed by atoms with van der Waals surface area (Å²) in [5, 5.41) is 43.4. The van der Waals surface area contributed by atoms with Gasteiger partial charge in [0.15, 0.2) is 5.78 Å². The van der Waals surface area contributed by atoms with Gasteiger partial charge in [0.2, 0.25) is 12.3 Å². The van der Waals surface area contributed by atoms with Gasteiger partial charge in [-0.05, 0) is 201 Å². The molecule has 0 radical (unpaired) electrons. The van der Waals surface area contributed by atoms with E-state index in [9.17, 15) is 39.6 Å². The summed E-state index contributed by atoms with van der Waals surface area (Å²) in [6.45, 7) is 24.4. The van der Waals surface area contributed by atoms with Gasteiger partial charge < -0.3 is 36.2 Å². The molecule has 7 aliphatic rings. The van der Waals surface area contributed by atoms with Crippen molar-refractivity contribution < 1.29 is 29.1 Å². The standard InChI is InChI=1S/C20H24N2O.C19H20N2.C19H21NO2.C15H21NO.C12H14N2.C10H17NO2.C6H13N.3ClH/c1-17-14-20(21-16-23,19-10-6-3-7-11-19)12-13-22(17)15-18-8-4-2-5-9-18;20-16-19(18-9-5-2-6-10-18)11-13-21(14-12-19)15-17-7-3-1-4-8-17;1-20-13-12-19(22,16-10-6-3-7-11-16)17(14-20)18(21)15-8-4-2-5-9-15;1-2-6-14(17)15(9-11-16-12-10-15)13-7-4-3-5-8-13;13-10-12(6-8-14-9-7-12)11-4-2-1-3-5-11;1-8-4-3-5-11(7-8)10(13)6-9(2)12;1-6-2-4-7-5-3-6;;;/h2-11,16-17H,12-15H2,1H3,(H,21,23);1-10H,11-15H2;2-11,17,22H,12-14H2,1H3;3-5,7-8,16H,2,6,9-12H2,1H3;1-5,14H,6-9H2;8H,3-7H2,1-2H3;6-7H,2-5H2,1H3;3*1H. The highest BCUT2D eigenvalue weighted by Gasteiger charge is 2.47. The first-order valence-corrected chi connectivity index (χ1v) is 43.1. The molecule has 0 aromatic heterocycles. The maximum absolute atomic E-state index is 12.9. The van der Waals surface area contributed by atoms with E-state index < -0.39 is 11.5 Å². The molecular weight excluding hydrogens is 1560 g/mol. The lowest BCUT2D eigenvalue weighted by Gasteiger charge is -2.46. The van der Waals surface area contributed by atoms with Crippen molar-refractivity contribution in [3.05, 3.63) is 287 Å². The van der Waals surface area contributed by atoms with Crippen molar-refractivity contribution in [3.63, 3.8) is 0 Å². The SMILES string of the molecule is CC(=O)CC(=O)N1CCCC(C)C1.CC1CC(NC=O)(c2ccccc2)CCN1Cc1ccccc1.CC1CCNCC1.CCCC(=O)C1(c2ccccc2)CCNCC1.CN1CCC(O)(c2ccccc2)C(C(=O)c2ccccc2)C1.Cl.Cl.Cl.N#CC1(c2ccccc2)CCN(Cc2ccccc2)CC1.N#CC1(c2ccccc2)CCNCC1. The number of benzene rings is 8. The van der Waals surface area contributed by atoms with Crippen molar-refractivity contribution in [3.8, 4) is 12.1 Å². The van der Waals surface area contributed by atoms with Crippen molar-refractivity contribution in [2.75, 3.05) is 92.1 Å². The second-order valence-corrected chi connectivity index (χ2v) is 33.5. The highest BCUT2D eigenvalue weighted by Crippen LogP contribution is 2.42. The van der Waals surface area contributed by atoms with E-state index in [0.29, 0.717) is 42.7 Å². The summed E-state index contributed by atoms with van der Waals surface area (Å²) in [5.41, 5.74) is 6.85. The second-order valence-electron chi connectivity index (χ2n) is 33.5. The van der Waals surface area contributed by atoms with E-state index in [1.165, 1.54) is 72.7 Å². The quantitative estimate of drug-likeness (QED) is 0.0307. The topological polar surface area (TPSA) is 214 Å². The fourth-order valence-corrected chi connectivity index (χ4v) is 17.7. The Morgan fingerprint density at radius 1 is 0.500 bits per heavy atom. The van der Waals surface area contributed by atoms with E-state index in [0.717, 1.165) is 161 Å². The zero-order valence-electron chi connectivity index (χ0n) is 71.8. The van der Waals surface area contributed by atoms with Crippen LogP contribution in [0.15, 0.2) is 243 Å². The Labute approximate surface area is 735 Å². The van der Waals surface area contributed by atoms with E-state index in [1.54, 1.807) is 0 Å². The second kappa shape index (κ2) is 51.9. The van der Waals surface area contributed by atoms with Gasteiger partial charge in [0.1, 0.15) is 17.2 Å². The largest absolute Gasteiger partial charge is 0.384 e. The van der Waals surface area contributed by atoms with Crippen LogP contribution in [0.5, 0.6) is 0 Å². The van der Waals surface area contributed by atoms with Crippen LogP contribution in [0, 0.1) is 40.4 Å². The molecule has 8 aromatic rings. The third-order valence-corrected chi connectivity index (χ3v) is 24.9. The molecule has 0 spiro atoms. The maximum Gasteiger partial charge on any atom is 0.230 e. The predicted molar refractivity (Wildman–Crippen MR) is 494 cm³/mol. The summed E-state index contributed by atoms with van der Waals surface area (Å²) in [6.07, 6.45) is 15.6. The third kappa shape index (κ3) is 29.3. The van der Waals surface area contributed by atoms with Crippen LogP contribution in [0.25, 0.3) is 0 Å². The summed E-state index contributed by atoms with van der Waals surface area (Å²) in [4.78, 5) is 67.7. The molecule has 19 heteroatoms. The molecule has 0 bridgehead atoms. The number of halogens is 3. The Hall–Kier alpha value is -8.72. The number of carbonyl (C=O) groups excluding carboxylic acids is 5. The van der Waals surface area contributed by atoms with Gasteiger partial charge in [-0.2, -0.15) is 10.5 Å². The monoisotopic (exact) mass is 1690 g/mol. The Morgan fingerprint density at radius 3 is 1.39 bits per heavy atom. The Kier molecular flexibility index (Phi) is 43.3. The molecule has 16 nitrogen and oxygen atoms in total. The van der Waals surface area contributed by atoms with E-state index in [2.05, 4.69) is 185 Å². The number of rotatable bonds is 18. The first-order chi connectivity index (χ1) is 56.8. The number of aliphatic hydroxyl groups is 1. The van der Waals surface area contributed by atoms with Crippen LogP contribution in [0.4, 0.5) is 0 Å². The van der Waals surface area contributed by atoms with E-state index >= 15 is 0 Å². The minimum atomic E-state index is -1.10. The molecule has 5 N–H and O–H groups in total. The number of ketones is 3. The molecule has 7 aliphatic heterocycles. The molecule has 2 amide bonds. The van der Waals surface area contributed by atoms with Gasteiger partial charge in [-0.3, -0.25) is 33.8 Å². The fourth-order valence-electron chi connectivity index (χ4n) is 17.7. The Balaban J connectivity index is 0.000000220. The Bertz CT molecular complexity index is 4320. The molecule has 5 atom stereocenters. The van der Waals surface area contributed by atoms with Gasteiger partial charge in [-0.25, -0.2) is 0 Å². The van der Waals surface area contributed by atoms with Crippen molar-refractivity contribution in [2.45, 2.75) is 184 Å². The number of carbonyl (C=O) groups is 5. The van der Waals surface area contributed by atoms with E-state index in [1.807, 2.05) is 145 Å².